The second-order valence-electron chi connectivity index (χ2n) is 11.2. The van der Waals surface area contributed by atoms with Crippen molar-refractivity contribution >= 4 is 25.5 Å². The van der Waals surface area contributed by atoms with Crippen molar-refractivity contribution in [1.29, 1.82) is 0 Å². The number of halogens is 8. The second kappa shape index (κ2) is 10.7. The number of alkyl halides is 7. The van der Waals surface area contributed by atoms with Crippen LogP contribution in [0.3, 0.4) is 0 Å². The SMILES string of the molecule is CN(C)S(=O)(=O)c1cccc(N2CCC3(S(=O)(=O)c4ccc(F)cc4)c4ccc(C(F)(C(F)(F)F)C(F)(F)F)cc4CCC23)c1. The number of anilines is 1. The van der Waals surface area contributed by atoms with E-state index in [0.29, 0.717) is 17.8 Å². The molecule has 244 valence electrons. The quantitative estimate of drug-likeness (QED) is 0.227. The highest BCUT2D eigenvalue weighted by Gasteiger charge is 2.73. The van der Waals surface area contributed by atoms with Crippen LogP contribution in [-0.4, -0.2) is 60.2 Å². The Labute approximate surface area is 254 Å². The van der Waals surface area contributed by atoms with Gasteiger partial charge in [0, 0.05) is 31.9 Å². The molecule has 0 radical (unpaired) electrons. The van der Waals surface area contributed by atoms with Gasteiger partial charge in [-0.2, -0.15) is 26.3 Å². The normalized spacial score (nSPS) is 21.1. The van der Waals surface area contributed by atoms with Crippen molar-refractivity contribution in [3.8, 4) is 0 Å². The largest absolute Gasteiger partial charge is 0.435 e. The molecule has 3 aromatic rings. The van der Waals surface area contributed by atoms with Gasteiger partial charge in [-0.05, 0) is 72.9 Å². The van der Waals surface area contributed by atoms with Gasteiger partial charge in [-0.15, -0.1) is 0 Å². The molecule has 0 aromatic heterocycles. The summed E-state index contributed by atoms with van der Waals surface area (Å²) in [4.78, 5) is 1.20. The third-order valence-electron chi connectivity index (χ3n) is 8.60. The molecule has 0 N–H and O–H groups in total. The maximum atomic E-state index is 15.0. The molecule has 2 unspecified atom stereocenters. The van der Waals surface area contributed by atoms with Crippen molar-refractivity contribution in [1.82, 2.24) is 4.31 Å². The number of sulfonamides is 1. The van der Waals surface area contributed by atoms with Crippen LogP contribution in [0, 0.1) is 5.82 Å². The molecule has 16 heteroatoms. The topological polar surface area (TPSA) is 74.8 Å². The number of rotatable bonds is 6. The Morgan fingerprint density at radius 2 is 1.44 bits per heavy atom. The molecule has 5 rings (SSSR count). The van der Waals surface area contributed by atoms with Crippen LogP contribution >= 0.6 is 0 Å². The third-order valence-corrected chi connectivity index (χ3v) is 13.0. The van der Waals surface area contributed by atoms with E-state index in [1.165, 1.54) is 32.3 Å². The Morgan fingerprint density at radius 3 is 2.02 bits per heavy atom. The van der Waals surface area contributed by atoms with E-state index in [4.69, 9.17) is 0 Å². The molecule has 1 aliphatic carbocycles. The summed E-state index contributed by atoms with van der Waals surface area (Å²) in [6, 6.07) is 10.0. The van der Waals surface area contributed by atoms with Gasteiger partial charge in [-0.1, -0.05) is 24.3 Å². The van der Waals surface area contributed by atoms with E-state index in [1.807, 2.05) is 0 Å². The molecule has 2 aliphatic rings. The van der Waals surface area contributed by atoms with E-state index in [9.17, 15) is 47.6 Å². The number of aryl methyl sites for hydroxylation is 1. The summed E-state index contributed by atoms with van der Waals surface area (Å²) >= 11 is 0. The first kappa shape index (κ1) is 33.1. The van der Waals surface area contributed by atoms with Crippen LogP contribution < -0.4 is 4.90 Å². The van der Waals surface area contributed by atoms with Gasteiger partial charge in [0.2, 0.25) is 10.0 Å². The average Bonchev–Trinajstić information content (AvgIpc) is 3.37. The third kappa shape index (κ3) is 4.90. The van der Waals surface area contributed by atoms with Gasteiger partial charge in [0.25, 0.3) is 0 Å². The predicted octanol–water partition coefficient (Wildman–Crippen LogP) is 6.26. The molecule has 2 atom stereocenters. The zero-order valence-electron chi connectivity index (χ0n) is 23.6. The fourth-order valence-corrected chi connectivity index (χ4v) is 9.71. The molecule has 0 saturated carbocycles. The lowest BCUT2D eigenvalue weighted by Crippen LogP contribution is -2.52. The lowest BCUT2D eigenvalue weighted by molar-refractivity contribution is -0.348. The molecule has 1 aliphatic heterocycles. The first-order chi connectivity index (χ1) is 20.7. The second-order valence-corrected chi connectivity index (χ2v) is 15.5. The van der Waals surface area contributed by atoms with E-state index in [1.54, 1.807) is 11.0 Å². The smallest absolute Gasteiger partial charge is 0.366 e. The first-order valence-electron chi connectivity index (χ1n) is 13.5. The minimum atomic E-state index is -6.36. The predicted molar refractivity (Wildman–Crippen MR) is 148 cm³/mol. The molecule has 0 amide bonds. The van der Waals surface area contributed by atoms with E-state index in [-0.39, 0.29) is 46.7 Å². The zero-order chi connectivity index (χ0) is 33.4. The van der Waals surface area contributed by atoms with Crippen LogP contribution in [-0.2, 0) is 36.7 Å². The van der Waals surface area contributed by atoms with Gasteiger partial charge in [0.15, 0.2) is 9.84 Å². The lowest BCUT2D eigenvalue weighted by Gasteiger charge is -2.43. The number of hydrogen-bond acceptors (Lipinski definition) is 5. The van der Waals surface area contributed by atoms with Crippen LogP contribution in [0.5, 0.6) is 0 Å². The van der Waals surface area contributed by atoms with Crippen LogP contribution in [0.2, 0.25) is 0 Å². The Morgan fingerprint density at radius 1 is 0.822 bits per heavy atom. The van der Waals surface area contributed by atoms with Crippen LogP contribution in [0.25, 0.3) is 0 Å². The van der Waals surface area contributed by atoms with Crippen LogP contribution in [0.4, 0.5) is 40.8 Å². The summed E-state index contributed by atoms with van der Waals surface area (Å²) in [5.41, 5.74) is -7.45. The number of sulfone groups is 1. The van der Waals surface area contributed by atoms with Crippen molar-refractivity contribution in [2.45, 2.75) is 57.9 Å². The highest BCUT2D eigenvalue weighted by molar-refractivity contribution is 7.92. The molecule has 0 spiro atoms. The fraction of sp³-hybridized carbons (Fsp3) is 0.379. The maximum absolute atomic E-state index is 15.0. The highest BCUT2D eigenvalue weighted by Crippen LogP contribution is 2.57. The molecule has 0 bridgehead atoms. The summed E-state index contributed by atoms with van der Waals surface area (Å²) in [5, 5.41) is 0. The molecular weight excluding hydrogens is 656 g/mol. The van der Waals surface area contributed by atoms with Crippen molar-refractivity contribution in [3.63, 3.8) is 0 Å². The molecule has 1 saturated heterocycles. The Kier molecular flexibility index (Phi) is 7.85. The van der Waals surface area contributed by atoms with Crippen molar-refractivity contribution < 1.29 is 52.0 Å². The van der Waals surface area contributed by atoms with E-state index >= 15 is 4.39 Å². The highest BCUT2D eigenvalue weighted by atomic mass is 32.2. The molecule has 6 nitrogen and oxygen atoms in total. The minimum absolute atomic E-state index is 0.00407. The number of benzene rings is 3. The van der Waals surface area contributed by atoms with Crippen LogP contribution in [0.15, 0.2) is 76.5 Å². The van der Waals surface area contributed by atoms with Crippen molar-refractivity contribution in [2.24, 2.45) is 0 Å². The van der Waals surface area contributed by atoms with Gasteiger partial charge in [-0.3, -0.25) is 0 Å². The Bertz CT molecular complexity index is 1830. The average molecular weight is 683 g/mol. The van der Waals surface area contributed by atoms with E-state index in [2.05, 4.69) is 0 Å². The van der Waals surface area contributed by atoms with Gasteiger partial charge < -0.3 is 4.90 Å². The Balaban J connectivity index is 1.72. The molecule has 45 heavy (non-hydrogen) atoms. The minimum Gasteiger partial charge on any atom is -0.366 e. The van der Waals surface area contributed by atoms with E-state index < -0.39 is 60.1 Å². The van der Waals surface area contributed by atoms with E-state index in [0.717, 1.165) is 34.6 Å². The molecule has 3 aromatic carbocycles. The summed E-state index contributed by atoms with van der Waals surface area (Å²) in [5.74, 6) is -0.748. The maximum Gasteiger partial charge on any atom is 0.435 e. The van der Waals surface area contributed by atoms with Gasteiger partial charge in [-0.25, -0.2) is 29.9 Å². The number of hydrogen-bond donors (Lipinski definition) is 0. The fourth-order valence-electron chi connectivity index (χ4n) is 6.40. The number of fused-ring (bicyclic) bond motifs is 3. The van der Waals surface area contributed by atoms with Crippen molar-refractivity contribution in [3.05, 3.63) is 89.2 Å². The van der Waals surface area contributed by atoms with Gasteiger partial charge in [0.1, 0.15) is 10.6 Å². The van der Waals surface area contributed by atoms with Crippen LogP contribution in [0.1, 0.15) is 29.5 Å². The summed E-state index contributed by atoms with van der Waals surface area (Å²) in [6.45, 7) is -0.00407. The summed E-state index contributed by atoms with van der Waals surface area (Å²) < 4.78 is 164. The Hall–Kier alpha value is -3.24. The first-order valence-corrected chi connectivity index (χ1v) is 16.4. The molecule has 1 fully saturated rings. The monoisotopic (exact) mass is 682 g/mol. The molecule has 1 heterocycles. The lowest BCUT2D eigenvalue weighted by atomic mass is 9.76. The summed E-state index contributed by atoms with van der Waals surface area (Å²) in [7, 11) is -5.81. The number of nitrogens with zero attached hydrogens (tertiary/aromatic N) is 2. The zero-order valence-corrected chi connectivity index (χ0v) is 25.3. The standard InChI is InChI=1S/C29H26F8N2O4S2/c1-38(2)45(42,43)23-5-3-4-21(17-23)39-15-14-26(44(40,41)22-10-8-20(30)9-11-22)24-12-7-19(16-18(24)6-13-25(26)39)27(31,28(32,33)34)29(35,36)37/h3-5,7-12,16-17,25H,6,13-15H2,1-2H3. The van der Waals surface area contributed by atoms with Gasteiger partial charge >= 0.3 is 18.0 Å². The molecular formula is C29H26F8N2O4S2. The van der Waals surface area contributed by atoms with Gasteiger partial charge in [0.05, 0.1) is 15.8 Å². The van der Waals surface area contributed by atoms with Crippen molar-refractivity contribution in [2.75, 3.05) is 25.5 Å². The summed E-state index contributed by atoms with van der Waals surface area (Å²) in [6.07, 6.45) is -13.3.